The second-order valence-corrected chi connectivity index (χ2v) is 2.91. The first kappa shape index (κ1) is 8.65. The third-order valence-corrected chi connectivity index (χ3v) is 1.99. The summed E-state index contributed by atoms with van der Waals surface area (Å²) in [6, 6.07) is 0. The van der Waals surface area contributed by atoms with E-state index in [0.717, 1.165) is 25.1 Å². The summed E-state index contributed by atoms with van der Waals surface area (Å²) in [4.78, 5) is 4.23. The molecule has 0 aromatic carbocycles. The van der Waals surface area contributed by atoms with Crippen LogP contribution in [0.15, 0.2) is 12.4 Å². The Morgan fingerprint density at radius 1 is 1.64 bits per heavy atom. The third-order valence-electron chi connectivity index (χ3n) is 1.68. The number of nitrogens with zero attached hydrogens (tertiary/aromatic N) is 2. The minimum atomic E-state index is 0.946. The van der Waals surface area contributed by atoms with E-state index in [0.29, 0.717) is 0 Å². The van der Waals surface area contributed by atoms with Gasteiger partial charge in [-0.25, -0.2) is 4.98 Å². The van der Waals surface area contributed by atoms with Crippen molar-refractivity contribution in [2.24, 2.45) is 0 Å². The van der Waals surface area contributed by atoms with Gasteiger partial charge in [-0.3, -0.25) is 0 Å². The second-order valence-electron chi connectivity index (χ2n) is 2.47. The molecule has 0 aliphatic carbocycles. The molecule has 2 nitrogen and oxygen atoms in total. The number of imidazole rings is 1. The van der Waals surface area contributed by atoms with Crippen molar-refractivity contribution in [2.75, 3.05) is 5.75 Å². The molecule has 3 heteroatoms. The lowest BCUT2D eigenvalue weighted by Gasteiger charge is -2.03. The van der Waals surface area contributed by atoms with Gasteiger partial charge in [0.2, 0.25) is 0 Å². The van der Waals surface area contributed by atoms with Crippen molar-refractivity contribution >= 4 is 12.6 Å². The highest BCUT2D eigenvalue weighted by Gasteiger charge is 1.97. The predicted octanol–water partition coefficient (Wildman–Crippen LogP) is 1.77. The fourth-order valence-corrected chi connectivity index (χ4v) is 1.24. The second kappa shape index (κ2) is 4.44. The molecule has 0 saturated heterocycles. The number of aromatic nitrogens is 2. The Bertz CT molecular complexity index is 208. The first-order chi connectivity index (χ1) is 5.38. The van der Waals surface area contributed by atoms with Gasteiger partial charge in [-0.2, -0.15) is 12.6 Å². The van der Waals surface area contributed by atoms with E-state index in [1.54, 1.807) is 0 Å². The van der Waals surface area contributed by atoms with Crippen LogP contribution in [0.4, 0.5) is 0 Å². The summed E-state index contributed by atoms with van der Waals surface area (Å²) in [5.41, 5.74) is 0. The van der Waals surface area contributed by atoms with Gasteiger partial charge >= 0.3 is 0 Å². The van der Waals surface area contributed by atoms with Crippen molar-refractivity contribution in [1.82, 2.24) is 9.55 Å². The molecule has 0 aliphatic rings. The molecule has 0 bridgehead atoms. The summed E-state index contributed by atoms with van der Waals surface area (Å²) < 4.78 is 2.19. The van der Waals surface area contributed by atoms with Crippen molar-refractivity contribution < 1.29 is 0 Å². The van der Waals surface area contributed by atoms with E-state index in [9.17, 15) is 0 Å². The van der Waals surface area contributed by atoms with Crippen LogP contribution < -0.4 is 0 Å². The number of rotatable bonds is 4. The zero-order chi connectivity index (χ0) is 8.10. The van der Waals surface area contributed by atoms with Gasteiger partial charge in [0.1, 0.15) is 5.82 Å². The van der Waals surface area contributed by atoms with Gasteiger partial charge < -0.3 is 4.57 Å². The highest BCUT2D eigenvalue weighted by atomic mass is 32.1. The molecular formula is C8H14N2S. The Morgan fingerprint density at radius 3 is 3.09 bits per heavy atom. The molecule has 1 heterocycles. The fourth-order valence-electron chi connectivity index (χ4n) is 1.10. The topological polar surface area (TPSA) is 17.8 Å². The summed E-state index contributed by atoms with van der Waals surface area (Å²) in [5, 5.41) is 0. The van der Waals surface area contributed by atoms with Crippen LogP contribution in [-0.2, 0) is 13.0 Å². The Morgan fingerprint density at radius 2 is 2.45 bits per heavy atom. The van der Waals surface area contributed by atoms with Gasteiger partial charge in [0.15, 0.2) is 0 Å². The third kappa shape index (κ3) is 2.26. The van der Waals surface area contributed by atoms with Gasteiger partial charge in [0.05, 0.1) is 0 Å². The maximum Gasteiger partial charge on any atom is 0.108 e. The molecule has 0 saturated carbocycles. The Hall–Kier alpha value is -0.440. The zero-order valence-electron chi connectivity index (χ0n) is 6.82. The minimum absolute atomic E-state index is 0.946. The molecule has 62 valence electrons. The molecule has 1 aromatic rings. The van der Waals surface area contributed by atoms with Crippen molar-refractivity contribution in [1.29, 1.82) is 0 Å². The largest absolute Gasteiger partial charge is 0.335 e. The zero-order valence-corrected chi connectivity index (χ0v) is 7.72. The SMILES string of the molecule is CCc1nccn1CCCS. The summed E-state index contributed by atoms with van der Waals surface area (Å²) in [6.07, 6.45) is 6.02. The van der Waals surface area contributed by atoms with Gasteiger partial charge in [-0.15, -0.1) is 0 Å². The van der Waals surface area contributed by atoms with E-state index >= 15 is 0 Å². The predicted molar refractivity (Wildman–Crippen MR) is 50.1 cm³/mol. The average molecular weight is 170 g/mol. The first-order valence-corrected chi connectivity index (χ1v) is 4.62. The molecule has 1 rings (SSSR count). The summed E-state index contributed by atoms with van der Waals surface area (Å²) in [6.45, 7) is 3.17. The first-order valence-electron chi connectivity index (χ1n) is 3.99. The molecule has 0 radical (unpaired) electrons. The fraction of sp³-hybridized carbons (Fsp3) is 0.625. The molecule has 11 heavy (non-hydrogen) atoms. The Labute approximate surface area is 73.0 Å². The van der Waals surface area contributed by atoms with Gasteiger partial charge in [-0.05, 0) is 12.2 Å². The molecule has 0 atom stereocenters. The number of thiol groups is 1. The molecule has 1 aromatic heterocycles. The molecule has 0 N–H and O–H groups in total. The van der Waals surface area contributed by atoms with E-state index in [-0.39, 0.29) is 0 Å². The smallest absolute Gasteiger partial charge is 0.108 e. The van der Waals surface area contributed by atoms with E-state index in [4.69, 9.17) is 0 Å². The number of hydrogen-bond donors (Lipinski definition) is 1. The molecular weight excluding hydrogens is 156 g/mol. The summed E-state index contributed by atoms with van der Waals surface area (Å²) >= 11 is 4.16. The van der Waals surface area contributed by atoms with Gasteiger partial charge in [-0.1, -0.05) is 6.92 Å². The van der Waals surface area contributed by atoms with Crippen LogP contribution in [-0.4, -0.2) is 15.3 Å². The van der Waals surface area contributed by atoms with E-state index in [1.165, 1.54) is 5.82 Å². The highest BCUT2D eigenvalue weighted by molar-refractivity contribution is 7.80. The maximum absolute atomic E-state index is 4.23. The highest BCUT2D eigenvalue weighted by Crippen LogP contribution is 2.00. The van der Waals surface area contributed by atoms with Crippen molar-refractivity contribution in [3.63, 3.8) is 0 Å². The molecule has 0 aliphatic heterocycles. The van der Waals surface area contributed by atoms with Crippen molar-refractivity contribution in [2.45, 2.75) is 26.3 Å². The van der Waals surface area contributed by atoms with Gasteiger partial charge in [0, 0.05) is 25.4 Å². The van der Waals surface area contributed by atoms with Crippen LogP contribution in [0.3, 0.4) is 0 Å². The van der Waals surface area contributed by atoms with Crippen molar-refractivity contribution in [3.05, 3.63) is 18.2 Å². The van der Waals surface area contributed by atoms with E-state index in [2.05, 4.69) is 29.1 Å². The normalized spacial score (nSPS) is 10.4. The quantitative estimate of drug-likeness (QED) is 0.682. The standard InChI is InChI=1S/C8H14N2S/c1-2-8-9-4-6-10(8)5-3-7-11/h4,6,11H,2-3,5,7H2,1H3. The average Bonchev–Trinajstić information content (AvgIpc) is 2.47. The minimum Gasteiger partial charge on any atom is -0.335 e. The van der Waals surface area contributed by atoms with Crippen LogP contribution in [0.5, 0.6) is 0 Å². The van der Waals surface area contributed by atoms with Crippen LogP contribution in [0.25, 0.3) is 0 Å². The number of aryl methyl sites for hydroxylation is 2. The number of hydrogen-bond acceptors (Lipinski definition) is 2. The summed E-state index contributed by atoms with van der Waals surface area (Å²) in [7, 11) is 0. The van der Waals surface area contributed by atoms with E-state index < -0.39 is 0 Å². The van der Waals surface area contributed by atoms with Crippen LogP contribution in [0.1, 0.15) is 19.2 Å². The molecule has 0 spiro atoms. The molecule has 0 fully saturated rings. The lowest BCUT2D eigenvalue weighted by molar-refractivity contribution is 0.647. The molecule has 0 unspecified atom stereocenters. The van der Waals surface area contributed by atoms with Crippen LogP contribution in [0, 0.1) is 0 Å². The van der Waals surface area contributed by atoms with E-state index in [1.807, 2.05) is 12.4 Å². The van der Waals surface area contributed by atoms with Crippen LogP contribution >= 0.6 is 12.6 Å². The van der Waals surface area contributed by atoms with Gasteiger partial charge in [0.25, 0.3) is 0 Å². The lowest BCUT2D eigenvalue weighted by atomic mass is 10.4. The summed E-state index contributed by atoms with van der Waals surface area (Å²) in [5.74, 6) is 2.12. The monoisotopic (exact) mass is 170 g/mol. The molecule has 0 amide bonds. The van der Waals surface area contributed by atoms with Crippen molar-refractivity contribution in [3.8, 4) is 0 Å². The Balaban J connectivity index is 2.54. The Kier molecular flexibility index (Phi) is 3.49. The lowest BCUT2D eigenvalue weighted by Crippen LogP contribution is -2.02. The maximum atomic E-state index is 4.23. The van der Waals surface area contributed by atoms with Crippen LogP contribution in [0.2, 0.25) is 0 Å².